The van der Waals surface area contributed by atoms with Gasteiger partial charge in [-0.15, -0.1) is 0 Å². The number of benzene rings is 3. The molecule has 3 aromatic rings. The average molecular weight is 308 g/mol. The molecule has 0 saturated carbocycles. The van der Waals surface area contributed by atoms with Gasteiger partial charge in [0.15, 0.2) is 5.78 Å². The topological polar surface area (TPSA) is 17.1 Å². The van der Waals surface area contributed by atoms with Crippen LogP contribution in [-0.2, 0) is 0 Å². The van der Waals surface area contributed by atoms with Crippen molar-refractivity contribution < 1.29 is 4.79 Å². The highest BCUT2D eigenvalue weighted by molar-refractivity contribution is 6.20. The van der Waals surface area contributed by atoms with Gasteiger partial charge in [-0.3, -0.25) is 4.79 Å². The number of allylic oxidation sites excluding steroid dienone is 2. The van der Waals surface area contributed by atoms with E-state index in [9.17, 15) is 4.79 Å². The molecule has 0 atom stereocenters. The van der Waals surface area contributed by atoms with E-state index in [1.165, 1.54) is 0 Å². The number of carbonyl (C=O) groups excluding carboxylic acids is 1. The molecule has 0 aliphatic heterocycles. The Labute approximate surface area is 141 Å². The Balaban J connectivity index is 1.98. The molecule has 0 fully saturated rings. The first-order valence-corrected chi connectivity index (χ1v) is 8.01. The molecule has 1 nitrogen and oxygen atoms in total. The molecular formula is C23H16O. The molecule has 0 saturated heterocycles. The van der Waals surface area contributed by atoms with Gasteiger partial charge >= 0.3 is 0 Å². The predicted molar refractivity (Wildman–Crippen MR) is 98.7 cm³/mol. The fourth-order valence-corrected chi connectivity index (χ4v) is 3.13. The third-order valence-electron chi connectivity index (χ3n) is 4.27. The standard InChI is InChI=1S/C23H16O/c24-23-20-14-8-7-9-17(20)15-16-21(23)22(18-10-3-1-4-11-18)19-12-5-2-6-13-19/h1-16H. The van der Waals surface area contributed by atoms with Crippen molar-refractivity contribution in [1.29, 1.82) is 0 Å². The highest BCUT2D eigenvalue weighted by Gasteiger charge is 2.22. The molecule has 3 aromatic carbocycles. The lowest BCUT2D eigenvalue weighted by atomic mass is 9.85. The van der Waals surface area contributed by atoms with Crippen molar-refractivity contribution in [3.05, 3.63) is 119 Å². The molecule has 0 N–H and O–H groups in total. The summed E-state index contributed by atoms with van der Waals surface area (Å²) in [4.78, 5) is 13.1. The Kier molecular flexibility index (Phi) is 3.68. The molecule has 0 amide bonds. The molecule has 0 bridgehead atoms. The van der Waals surface area contributed by atoms with Crippen LogP contribution in [0.25, 0.3) is 11.6 Å². The van der Waals surface area contributed by atoms with E-state index in [0.29, 0.717) is 0 Å². The SMILES string of the molecule is O=C1C(=C(c2ccccc2)c2ccccc2)C=Cc2ccccc21. The van der Waals surface area contributed by atoms with Crippen molar-refractivity contribution in [2.24, 2.45) is 0 Å². The molecule has 1 aliphatic carbocycles. The summed E-state index contributed by atoms with van der Waals surface area (Å²) < 4.78 is 0. The van der Waals surface area contributed by atoms with Crippen LogP contribution in [0.3, 0.4) is 0 Å². The van der Waals surface area contributed by atoms with Crippen molar-refractivity contribution in [1.82, 2.24) is 0 Å². The number of hydrogen-bond acceptors (Lipinski definition) is 1. The van der Waals surface area contributed by atoms with Gasteiger partial charge in [0.05, 0.1) is 0 Å². The zero-order chi connectivity index (χ0) is 16.4. The monoisotopic (exact) mass is 308 g/mol. The highest BCUT2D eigenvalue weighted by atomic mass is 16.1. The molecule has 1 aliphatic rings. The Bertz CT molecular complexity index is 906. The summed E-state index contributed by atoms with van der Waals surface area (Å²) in [6.45, 7) is 0. The Morgan fingerprint density at radius 2 is 1.12 bits per heavy atom. The Morgan fingerprint density at radius 3 is 1.75 bits per heavy atom. The Hall–Kier alpha value is -3.19. The fourth-order valence-electron chi connectivity index (χ4n) is 3.13. The maximum Gasteiger partial charge on any atom is 0.194 e. The molecule has 24 heavy (non-hydrogen) atoms. The van der Waals surface area contributed by atoms with Crippen LogP contribution in [0.5, 0.6) is 0 Å². The molecule has 114 valence electrons. The van der Waals surface area contributed by atoms with Crippen LogP contribution in [0.2, 0.25) is 0 Å². The molecule has 4 rings (SSSR count). The summed E-state index contributed by atoms with van der Waals surface area (Å²) in [5, 5.41) is 0. The minimum atomic E-state index is 0.0795. The van der Waals surface area contributed by atoms with E-state index in [-0.39, 0.29) is 5.78 Å². The quantitative estimate of drug-likeness (QED) is 0.579. The number of ketones is 1. The van der Waals surface area contributed by atoms with Crippen LogP contribution in [0.1, 0.15) is 27.0 Å². The van der Waals surface area contributed by atoms with E-state index in [1.54, 1.807) is 0 Å². The van der Waals surface area contributed by atoms with Gasteiger partial charge in [0.2, 0.25) is 0 Å². The van der Waals surface area contributed by atoms with Crippen LogP contribution in [-0.4, -0.2) is 5.78 Å². The van der Waals surface area contributed by atoms with Gasteiger partial charge < -0.3 is 0 Å². The fraction of sp³-hybridized carbons (Fsp3) is 0. The van der Waals surface area contributed by atoms with E-state index >= 15 is 0 Å². The van der Waals surface area contributed by atoms with E-state index in [2.05, 4.69) is 24.3 Å². The van der Waals surface area contributed by atoms with E-state index in [4.69, 9.17) is 0 Å². The predicted octanol–water partition coefficient (Wildman–Crippen LogP) is 5.40. The first-order valence-electron chi connectivity index (χ1n) is 8.01. The molecular weight excluding hydrogens is 292 g/mol. The summed E-state index contributed by atoms with van der Waals surface area (Å²) in [6, 6.07) is 28.0. The zero-order valence-electron chi connectivity index (χ0n) is 13.1. The maximum absolute atomic E-state index is 13.1. The van der Waals surface area contributed by atoms with E-state index in [0.717, 1.165) is 33.4 Å². The van der Waals surface area contributed by atoms with Crippen molar-refractivity contribution in [2.75, 3.05) is 0 Å². The summed E-state index contributed by atoms with van der Waals surface area (Å²) in [7, 11) is 0. The maximum atomic E-state index is 13.1. The second-order valence-corrected chi connectivity index (χ2v) is 5.77. The highest BCUT2D eigenvalue weighted by Crippen LogP contribution is 2.32. The second-order valence-electron chi connectivity index (χ2n) is 5.77. The summed E-state index contributed by atoms with van der Waals surface area (Å²) >= 11 is 0. The first-order chi connectivity index (χ1) is 11.8. The number of rotatable bonds is 2. The van der Waals surface area contributed by atoms with Crippen molar-refractivity contribution in [2.45, 2.75) is 0 Å². The van der Waals surface area contributed by atoms with Crippen molar-refractivity contribution >= 4 is 17.4 Å². The minimum absolute atomic E-state index is 0.0795. The summed E-state index contributed by atoms with van der Waals surface area (Å²) in [6.07, 6.45) is 3.97. The van der Waals surface area contributed by atoms with Gasteiger partial charge in [-0.05, 0) is 22.8 Å². The van der Waals surface area contributed by atoms with Gasteiger partial charge in [0, 0.05) is 16.7 Å². The Morgan fingerprint density at radius 1 is 0.583 bits per heavy atom. The van der Waals surface area contributed by atoms with Crippen LogP contribution in [0, 0.1) is 0 Å². The van der Waals surface area contributed by atoms with Crippen LogP contribution in [0.15, 0.2) is 96.6 Å². The third-order valence-corrected chi connectivity index (χ3v) is 4.27. The van der Waals surface area contributed by atoms with Gasteiger partial charge in [-0.25, -0.2) is 0 Å². The normalized spacial score (nSPS) is 12.8. The van der Waals surface area contributed by atoms with Gasteiger partial charge in [0.25, 0.3) is 0 Å². The van der Waals surface area contributed by atoms with Crippen LogP contribution >= 0.6 is 0 Å². The van der Waals surface area contributed by atoms with Gasteiger partial charge in [0.1, 0.15) is 0 Å². The third kappa shape index (κ3) is 2.50. The van der Waals surface area contributed by atoms with Crippen LogP contribution in [0.4, 0.5) is 0 Å². The lowest BCUT2D eigenvalue weighted by molar-refractivity contribution is 0.103. The number of carbonyl (C=O) groups is 1. The molecule has 0 unspecified atom stereocenters. The minimum Gasteiger partial charge on any atom is -0.289 e. The number of hydrogen-bond donors (Lipinski definition) is 0. The van der Waals surface area contributed by atoms with Gasteiger partial charge in [-0.2, -0.15) is 0 Å². The first kappa shape index (κ1) is 14.4. The summed E-state index contributed by atoms with van der Waals surface area (Å²) in [5.74, 6) is 0.0795. The second kappa shape index (κ2) is 6.13. The average Bonchev–Trinajstić information content (AvgIpc) is 2.66. The van der Waals surface area contributed by atoms with Crippen molar-refractivity contribution in [3.8, 4) is 0 Å². The smallest absolute Gasteiger partial charge is 0.194 e. The number of fused-ring (bicyclic) bond motifs is 1. The molecule has 1 heteroatoms. The molecule has 0 spiro atoms. The largest absolute Gasteiger partial charge is 0.289 e. The van der Waals surface area contributed by atoms with Crippen molar-refractivity contribution in [3.63, 3.8) is 0 Å². The molecule has 0 aromatic heterocycles. The van der Waals surface area contributed by atoms with E-state index < -0.39 is 0 Å². The lowest BCUT2D eigenvalue weighted by Gasteiger charge is -2.17. The molecule has 0 heterocycles. The lowest BCUT2D eigenvalue weighted by Crippen LogP contribution is -2.10. The van der Waals surface area contributed by atoms with E-state index in [1.807, 2.05) is 72.8 Å². The number of Topliss-reactive ketones (excluding diaryl/α,β-unsaturated/α-hetero) is 1. The van der Waals surface area contributed by atoms with Gasteiger partial charge in [-0.1, -0.05) is 91.0 Å². The zero-order valence-corrected chi connectivity index (χ0v) is 13.1. The molecule has 0 radical (unpaired) electrons. The van der Waals surface area contributed by atoms with Crippen LogP contribution < -0.4 is 0 Å². The summed E-state index contributed by atoms with van der Waals surface area (Å²) in [5.41, 5.74) is 5.57.